The van der Waals surface area contributed by atoms with Crippen molar-refractivity contribution in [3.05, 3.63) is 40.9 Å². The number of nitrogens with zero attached hydrogens (tertiary/aromatic N) is 5. The van der Waals surface area contributed by atoms with E-state index in [4.69, 9.17) is 16.6 Å². The van der Waals surface area contributed by atoms with Gasteiger partial charge < -0.3 is 15.0 Å². The van der Waals surface area contributed by atoms with Gasteiger partial charge in [-0.15, -0.1) is 0 Å². The van der Waals surface area contributed by atoms with E-state index >= 15 is 0 Å². The van der Waals surface area contributed by atoms with Gasteiger partial charge in [-0.2, -0.15) is 5.10 Å². The lowest BCUT2D eigenvalue weighted by molar-refractivity contribution is 0.198. The monoisotopic (exact) mass is 470 g/mol. The Morgan fingerprint density at radius 1 is 1.30 bits per heavy atom. The smallest absolute Gasteiger partial charge is 0.412 e. The quantitative estimate of drug-likeness (QED) is 0.570. The molecule has 1 amide bonds. The molecular formula is C24H31ClN6O2. The summed E-state index contributed by atoms with van der Waals surface area (Å²) in [5.74, 6) is 1.16. The highest BCUT2D eigenvalue weighted by atomic mass is 35.5. The second-order valence-electron chi connectivity index (χ2n) is 9.43. The van der Waals surface area contributed by atoms with Crippen molar-refractivity contribution in [2.24, 2.45) is 0 Å². The molecule has 3 unspecified atom stereocenters. The number of nitrogens with one attached hydrogen (secondary N) is 1. The summed E-state index contributed by atoms with van der Waals surface area (Å²) in [6, 6.07) is 4.38. The van der Waals surface area contributed by atoms with Crippen molar-refractivity contribution >= 4 is 34.4 Å². The maximum atomic E-state index is 12.0. The molecule has 2 aliphatic heterocycles. The van der Waals surface area contributed by atoms with Crippen molar-refractivity contribution in [3.8, 4) is 0 Å². The summed E-state index contributed by atoms with van der Waals surface area (Å²) in [6.07, 6.45) is 7.51. The Morgan fingerprint density at radius 2 is 2.15 bits per heavy atom. The van der Waals surface area contributed by atoms with Crippen LogP contribution in [0.15, 0.2) is 24.5 Å². The zero-order valence-electron chi connectivity index (χ0n) is 19.2. The van der Waals surface area contributed by atoms with Gasteiger partial charge in [0.25, 0.3) is 0 Å². The SMILES string of the molecule is CC(Cn1cc(Cl)cn1)c1nc2c3c(ccc2n1C1CCCNCC1)N(C(=O)O)C(C)CC3. The molecule has 1 fully saturated rings. The van der Waals surface area contributed by atoms with Crippen LogP contribution in [0.4, 0.5) is 10.5 Å². The molecule has 8 nitrogen and oxygen atoms in total. The predicted octanol–water partition coefficient (Wildman–Crippen LogP) is 4.82. The first kappa shape index (κ1) is 22.2. The largest absolute Gasteiger partial charge is 0.465 e. The fraction of sp³-hybridized carbons (Fsp3) is 0.542. The molecule has 176 valence electrons. The first-order valence-corrected chi connectivity index (χ1v) is 12.3. The number of hydrogen-bond acceptors (Lipinski definition) is 4. The maximum Gasteiger partial charge on any atom is 0.412 e. The summed E-state index contributed by atoms with van der Waals surface area (Å²) in [6.45, 7) is 6.87. The lowest BCUT2D eigenvalue weighted by atomic mass is 9.95. The second kappa shape index (κ2) is 8.99. The number of fused-ring (bicyclic) bond motifs is 3. The van der Waals surface area contributed by atoms with Gasteiger partial charge in [0.15, 0.2) is 0 Å². The second-order valence-corrected chi connectivity index (χ2v) is 9.86. The van der Waals surface area contributed by atoms with Crippen molar-refractivity contribution in [3.63, 3.8) is 0 Å². The van der Waals surface area contributed by atoms with Crippen LogP contribution >= 0.6 is 11.6 Å². The average Bonchev–Trinajstić information content (AvgIpc) is 3.26. The highest BCUT2D eigenvalue weighted by molar-refractivity contribution is 6.30. The molecule has 2 aromatic heterocycles. The van der Waals surface area contributed by atoms with Crippen LogP contribution < -0.4 is 10.2 Å². The minimum absolute atomic E-state index is 0.0366. The Balaban J connectivity index is 1.64. The average molecular weight is 471 g/mol. The molecule has 1 saturated heterocycles. The van der Waals surface area contributed by atoms with Crippen LogP contribution in [0.5, 0.6) is 0 Å². The van der Waals surface area contributed by atoms with Crippen LogP contribution in [0.1, 0.15) is 62.9 Å². The van der Waals surface area contributed by atoms with Crippen molar-refractivity contribution in [1.82, 2.24) is 24.6 Å². The highest BCUT2D eigenvalue weighted by Crippen LogP contribution is 2.39. The number of aryl methyl sites for hydroxylation is 1. The first-order valence-electron chi connectivity index (χ1n) is 11.9. The number of carboxylic acid groups (broad SMARTS) is 1. The lowest BCUT2D eigenvalue weighted by Gasteiger charge is -2.33. The minimum atomic E-state index is -0.902. The van der Waals surface area contributed by atoms with Crippen LogP contribution in [-0.2, 0) is 13.0 Å². The van der Waals surface area contributed by atoms with Gasteiger partial charge in [0, 0.05) is 29.8 Å². The zero-order chi connectivity index (χ0) is 23.1. The lowest BCUT2D eigenvalue weighted by Crippen LogP contribution is -2.41. The maximum absolute atomic E-state index is 12.0. The summed E-state index contributed by atoms with van der Waals surface area (Å²) >= 11 is 6.09. The van der Waals surface area contributed by atoms with E-state index in [1.54, 1.807) is 6.20 Å². The van der Waals surface area contributed by atoms with E-state index in [-0.39, 0.29) is 12.0 Å². The molecule has 3 atom stereocenters. The van der Waals surface area contributed by atoms with E-state index in [1.165, 1.54) is 4.90 Å². The standard InChI is InChI=1S/C24H31ClN6O2/c1-15(13-29-14-17(25)12-27-29)23-28-22-19-6-5-16(2)30(24(32)33)20(19)7-8-21(22)31(23)18-4-3-10-26-11-9-18/h7-8,12,14-16,18,26H,3-6,9-11,13H2,1-2H3,(H,32,33). The molecular weight excluding hydrogens is 440 g/mol. The van der Waals surface area contributed by atoms with Crippen molar-refractivity contribution < 1.29 is 9.90 Å². The minimum Gasteiger partial charge on any atom is -0.465 e. The van der Waals surface area contributed by atoms with Crippen molar-refractivity contribution in [2.45, 2.75) is 70.5 Å². The van der Waals surface area contributed by atoms with Crippen LogP contribution in [0.2, 0.25) is 5.02 Å². The van der Waals surface area contributed by atoms with E-state index in [0.717, 1.165) is 73.3 Å². The van der Waals surface area contributed by atoms with E-state index in [9.17, 15) is 9.90 Å². The Labute approximate surface area is 198 Å². The molecule has 2 N–H and O–H groups in total. The van der Waals surface area contributed by atoms with Gasteiger partial charge in [-0.25, -0.2) is 9.78 Å². The fourth-order valence-electron chi connectivity index (χ4n) is 5.50. The summed E-state index contributed by atoms with van der Waals surface area (Å²) < 4.78 is 4.30. The number of imidazole rings is 1. The molecule has 1 aromatic carbocycles. The number of rotatable bonds is 4. The Kier molecular flexibility index (Phi) is 6.05. The zero-order valence-corrected chi connectivity index (χ0v) is 19.9. The van der Waals surface area contributed by atoms with E-state index in [1.807, 2.05) is 23.9 Å². The number of halogens is 1. The topological polar surface area (TPSA) is 88.2 Å². The van der Waals surface area contributed by atoms with Crippen LogP contribution in [0, 0.1) is 0 Å². The summed E-state index contributed by atoms with van der Waals surface area (Å²) in [5.41, 5.74) is 3.89. The number of aromatic nitrogens is 4. The van der Waals surface area contributed by atoms with Crippen molar-refractivity contribution in [2.75, 3.05) is 18.0 Å². The van der Waals surface area contributed by atoms with Gasteiger partial charge in [-0.05, 0) is 64.3 Å². The Morgan fingerprint density at radius 3 is 2.91 bits per heavy atom. The number of carbonyl (C=O) groups is 1. The molecule has 3 aromatic rings. The van der Waals surface area contributed by atoms with E-state index in [0.29, 0.717) is 17.6 Å². The van der Waals surface area contributed by atoms with Gasteiger partial charge >= 0.3 is 6.09 Å². The third-order valence-electron chi connectivity index (χ3n) is 7.10. The number of benzene rings is 1. The van der Waals surface area contributed by atoms with Gasteiger partial charge in [-0.1, -0.05) is 18.5 Å². The van der Waals surface area contributed by atoms with Gasteiger partial charge in [0.2, 0.25) is 0 Å². The number of amides is 1. The summed E-state index contributed by atoms with van der Waals surface area (Å²) in [7, 11) is 0. The molecule has 0 radical (unpaired) electrons. The molecule has 0 aliphatic carbocycles. The summed E-state index contributed by atoms with van der Waals surface area (Å²) in [4.78, 5) is 18.7. The molecule has 33 heavy (non-hydrogen) atoms. The van der Waals surface area contributed by atoms with Gasteiger partial charge in [0.1, 0.15) is 5.82 Å². The molecule has 5 rings (SSSR count). The molecule has 0 spiro atoms. The van der Waals surface area contributed by atoms with E-state index < -0.39 is 6.09 Å². The molecule has 4 heterocycles. The van der Waals surface area contributed by atoms with Crippen LogP contribution in [-0.4, -0.2) is 49.7 Å². The molecule has 2 aliphatic rings. The third kappa shape index (κ3) is 4.10. The number of hydrogen-bond donors (Lipinski definition) is 2. The first-order chi connectivity index (χ1) is 15.9. The molecule has 0 saturated carbocycles. The van der Waals surface area contributed by atoms with E-state index in [2.05, 4.69) is 28.0 Å². The molecule has 9 heteroatoms. The third-order valence-corrected chi connectivity index (χ3v) is 7.30. The Hall–Kier alpha value is -2.58. The van der Waals surface area contributed by atoms with Crippen LogP contribution in [0.25, 0.3) is 11.0 Å². The normalized spacial score (nSPS) is 22.2. The highest BCUT2D eigenvalue weighted by Gasteiger charge is 2.32. The van der Waals surface area contributed by atoms with Crippen molar-refractivity contribution in [1.29, 1.82) is 0 Å². The molecule has 0 bridgehead atoms. The fourth-order valence-corrected chi connectivity index (χ4v) is 5.65. The Bertz CT molecular complexity index is 1160. The van der Waals surface area contributed by atoms with Gasteiger partial charge in [0.05, 0.1) is 34.5 Å². The van der Waals surface area contributed by atoms with Gasteiger partial charge in [-0.3, -0.25) is 9.58 Å². The van der Waals surface area contributed by atoms with Crippen LogP contribution in [0.3, 0.4) is 0 Å². The number of anilines is 1. The summed E-state index contributed by atoms with van der Waals surface area (Å²) in [5, 5.41) is 18.4. The predicted molar refractivity (Wildman–Crippen MR) is 129 cm³/mol.